The van der Waals surface area contributed by atoms with Crippen LogP contribution in [-0.4, -0.2) is 19.5 Å². The van der Waals surface area contributed by atoms with Crippen LogP contribution in [-0.2, 0) is 0 Å². The lowest BCUT2D eigenvalue weighted by molar-refractivity contribution is 0.668. The van der Waals surface area contributed by atoms with Crippen molar-refractivity contribution in [3.8, 4) is 39.9 Å². The zero-order valence-electron chi connectivity index (χ0n) is 29.1. The summed E-state index contributed by atoms with van der Waals surface area (Å²) in [5.41, 5.74) is 4.75. The van der Waals surface area contributed by atoms with Crippen LogP contribution in [0.1, 0.15) is 8.22 Å². The van der Waals surface area contributed by atoms with E-state index in [0.717, 1.165) is 27.5 Å². The first-order valence-corrected chi connectivity index (χ1v) is 14.1. The van der Waals surface area contributed by atoms with Crippen molar-refractivity contribution < 1.29 is 12.6 Å². The van der Waals surface area contributed by atoms with Crippen molar-refractivity contribution in [1.29, 1.82) is 0 Å². The number of furan rings is 1. The molecule has 6 aromatic carbocycles. The molecule has 0 saturated heterocycles. The molecule has 0 aliphatic carbocycles. The van der Waals surface area contributed by atoms with E-state index in [-0.39, 0.29) is 58.1 Å². The molecule has 3 aromatic heterocycles. The van der Waals surface area contributed by atoms with Gasteiger partial charge in [0.05, 0.1) is 19.3 Å². The summed E-state index contributed by atoms with van der Waals surface area (Å²) in [7, 11) is 0. The summed E-state index contributed by atoms with van der Waals surface area (Å²) in [5, 5.41) is 2.01. The highest BCUT2D eigenvalue weighted by atomic mass is 16.3. The Morgan fingerprint density at radius 1 is 0.523 bits per heavy atom. The lowest BCUT2D eigenvalue weighted by Gasteiger charge is -2.09. The standard InChI is InChI=1S/C39H24N4O/c1-3-12-25(13-4-1)37-40-38(26-14-5-2-6-15-26)42-39(41-37)31-18-11-21-34-36(31)30-23-22-27(24-35(30)44-34)43-32-19-9-7-16-28(32)29-17-8-10-20-33(29)43/h1-24H/i7D,8D,16D,17D,19D,20D. The van der Waals surface area contributed by atoms with Crippen molar-refractivity contribution in [3.05, 3.63) is 145 Å². The van der Waals surface area contributed by atoms with Gasteiger partial charge in [-0.05, 0) is 30.3 Å². The van der Waals surface area contributed by atoms with Gasteiger partial charge in [0.2, 0.25) is 0 Å². The van der Waals surface area contributed by atoms with Crippen molar-refractivity contribution in [2.24, 2.45) is 0 Å². The van der Waals surface area contributed by atoms with Gasteiger partial charge in [-0.15, -0.1) is 0 Å². The van der Waals surface area contributed by atoms with Crippen LogP contribution in [0.4, 0.5) is 0 Å². The van der Waals surface area contributed by atoms with E-state index < -0.39 is 0 Å². The molecular weight excluding hydrogens is 540 g/mol. The molecule has 0 N–H and O–H groups in total. The molecule has 9 aromatic rings. The Morgan fingerprint density at radius 2 is 1.14 bits per heavy atom. The predicted octanol–water partition coefficient (Wildman–Crippen LogP) is 9.87. The Labute approximate surface area is 261 Å². The smallest absolute Gasteiger partial charge is 0.164 e. The van der Waals surface area contributed by atoms with E-state index in [2.05, 4.69) is 0 Å². The zero-order chi connectivity index (χ0) is 34.3. The number of para-hydroxylation sites is 2. The number of rotatable bonds is 4. The fourth-order valence-corrected chi connectivity index (χ4v) is 5.84. The summed E-state index contributed by atoms with van der Waals surface area (Å²) in [6.45, 7) is 0. The minimum Gasteiger partial charge on any atom is -0.456 e. The van der Waals surface area contributed by atoms with Crippen LogP contribution in [0.5, 0.6) is 0 Å². The highest BCUT2D eigenvalue weighted by molar-refractivity contribution is 6.13. The Bertz CT molecular complexity index is 2700. The minimum atomic E-state index is -0.160. The van der Waals surface area contributed by atoms with Crippen molar-refractivity contribution in [2.75, 3.05) is 0 Å². The SMILES string of the molecule is [2H]c1cc([2H])c2c(c1[2H])c1c([2H])c([2H])cc([2H])c1n2-c1ccc2c(c1)oc1cccc(-c3nc(-c4ccccc4)nc(-c4ccccc4)n3)c12. The topological polar surface area (TPSA) is 56.7 Å². The van der Waals surface area contributed by atoms with E-state index in [1.54, 1.807) is 4.57 Å². The van der Waals surface area contributed by atoms with Gasteiger partial charge >= 0.3 is 0 Å². The van der Waals surface area contributed by atoms with Crippen LogP contribution in [0.15, 0.2) is 150 Å². The Hall–Kier alpha value is -6.07. The monoisotopic (exact) mass is 570 g/mol. The number of benzene rings is 6. The first-order valence-electron chi connectivity index (χ1n) is 17.1. The molecule has 44 heavy (non-hydrogen) atoms. The van der Waals surface area contributed by atoms with Crippen molar-refractivity contribution in [1.82, 2.24) is 19.5 Å². The molecule has 0 amide bonds. The van der Waals surface area contributed by atoms with E-state index in [4.69, 9.17) is 27.6 Å². The molecule has 0 aliphatic heterocycles. The fourth-order valence-electron chi connectivity index (χ4n) is 5.84. The van der Waals surface area contributed by atoms with Crippen LogP contribution in [0.25, 0.3) is 83.6 Å². The number of hydrogen-bond acceptors (Lipinski definition) is 4. The molecule has 206 valence electrons. The van der Waals surface area contributed by atoms with Crippen molar-refractivity contribution in [3.63, 3.8) is 0 Å². The maximum absolute atomic E-state index is 8.82. The maximum atomic E-state index is 8.82. The summed E-state index contributed by atoms with van der Waals surface area (Å²) in [6, 6.07) is 32.7. The van der Waals surface area contributed by atoms with Gasteiger partial charge < -0.3 is 8.98 Å². The minimum absolute atomic E-state index is 0.0206. The second-order valence-corrected chi connectivity index (χ2v) is 10.4. The second-order valence-electron chi connectivity index (χ2n) is 10.4. The molecule has 0 radical (unpaired) electrons. The van der Waals surface area contributed by atoms with Crippen LogP contribution in [0.3, 0.4) is 0 Å². The molecule has 0 atom stereocenters. The maximum Gasteiger partial charge on any atom is 0.164 e. The first-order chi connectivity index (χ1) is 24.3. The summed E-state index contributed by atoms with van der Waals surface area (Å²) < 4.78 is 59.7. The number of aromatic nitrogens is 4. The Kier molecular flexibility index (Phi) is 4.25. The van der Waals surface area contributed by atoms with Gasteiger partial charge in [0.25, 0.3) is 0 Å². The van der Waals surface area contributed by atoms with E-state index in [1.165, 1.54) is 12.1 Å². The quantitative estimate of drug-likeness (QED) is 0.211. The van der Waals surface area contributed by atoms with Gasteiger partial charge in [-0.25, -0.2) is 15.0 Å². The van der Waals surface area contributed by atoms with Gasteiger partial charge in [-0.2, -0.15) is 0 Å². The third-order valence-electron chi connectivity index (χ3n) is 7.81. The largest absolute Gasteiger partial charge is 0.456 e. The van der Waals surface area contributed by atoms with Gasteiger partial charge in [0.1, 0.15) is 11.2 Å². The normalized spacial score (nSPS) is 13.5. The molecule has 0 spiro atoms. The molecule has 5 nitrogen and oxygen atoms in total. The van der Waals surface area contributed by atoms with Crippen molar-refractivity contribution >= 4 is 43.7 Å². The van der Waals surface area contributed by atoms with Crippen LogP contribution in [0, 0.1) is 0 Å². The molecular formula is C39H24N4O. The lowest BCUT2D eigenvalue weighted by atomic mass is 10.0. The molecule has 0 bridgehead atoms. The molecule has 0 saturated carbocycles. The number of hydrogen-bond donors (Lipinski definition) is 0. The highest BCUT2D eigenvalue weighted by Gasteiger charge is 2.19. The predicted molar refractivity (Wildman–Crippen MR) is 178 cm³/mol. The zero-order valence-corrected chi connectivity index (χ0v) is 23.1. The van der Waals surface area contributed by atoms with Gasteiger partial charge in [-0.1, -0.05) is 109 Å². The van der Waals surface area contributed by atoms with E-state index >= 15 is 0 Å². The van der Waals surface area contributed by atoms with Gasteiger partial charge in [0.15, 0.2) is 17.5 Å². The average molecular weight is 571 g/mol. The summed E-state index contributed by atoms with van der Waals surface area (Å²) in [5.74, 6) is 1.57. The molecule has 0 fully saturated rings. The Balaban J connectivity index is 1.30. The number of fused-ring (bicyclic) bond motifs is 6. The molecule has 0 unspecified atom stereocenters. The summed E-state index contributed by atoms with van der Waals surface area (Å²) in [4.78, 5) is 14.7. The highest BCUT2D eigenvalue weighted by Crippen LogP contribution is 2.39. The third-order valence-corrected chi connectivity index (χ3v) is 7.81. The molecule has 9 rings (SSSR count). The van der Waals surface area contributed by atoms with Crippen LogP contribution >= 0.6 is 0 Å². The van der Waals surface area contributed by atoms with Gasteiger partial charge in [0, 0.05) is 50.0 Å². The first kappa shape index (κ1) is 19.2. The Morgan fingerprint density at radius 3 is 1.77 bits per heavy atom. The van der Waals surface area contributed by atoms with Crippen molar-refractivity contribution in [2.45, 2.75) is 0 Å². The second kappa shape index (κ2) is 9.75. The van der Waals surface area contributed by atoms with E-state index in [1.807, 2.05) is 97.1 Å². The van der Waals surface area contributed by atoms with Crippen LogP contribution < -0.4 is 0 Å². The fraction of sp³-hybridized carbons (Fsp3) is 0. The molecule has 0 aliphatic rings. The lowest BCUT2D eigenvalue weighted by Crippen LogP contribution is -2.00. The third kappa shape index (κ3) is 3.83. The molecule has 5 heteroatoms. The molecule has 3 heterocycles. The summed E-state index contributed by atoms with van der Waals surface area (Å²) in [6.07, 6.45) is 0. The van der Waals surface area contributed by atoms with Crippen LogP contribution in [0.2, 0.25) is 0 Å². The van der Waals surface area contributed by atoms with Gasteiger partial charge in [-0.3, -0.25) is 0 Å². The van der Waals surface area contributed by atoms with E-state index in [0.29, 0.717) is 34.3 Å². The summed E-state index contributed by atoms with van der Waals surface area (Å²) >= 11 is 0. The van der Waals surface area contributed by atoms with E-state index in [9.17, 15) is 0 Å². The number of nitrogens with zero attached hydrogens (tertiary/aromatic N) is 4. The average Bonchev–Trinajstić information content (AvgIpc) is 3.71.